The zero-order chi connectivity index (χ0) is 10.0. The van der Waals surface area contributed by atoms with Crippen LogP contribution in [0.4, 0.5) is 0 Å². The van der Waals surface area contributed by atoms with Crippen molar-refractivity contribution in [2.45, 2.75) is 18.8 Å². The molecule has 1 aliphatic heterocycles. The lowest BCUT2D eigenvalue weighted by atomic mass is 10.1. The number of aromatic nitrogens is 1. The van der Waals surface area contributed by atoms with Crippen molar-refractivity contribution >= 4 is 0 Å². The van der Waals surface area contributed by atoms with Crippen molar-refractivity contribution in [1.82, 2.24) is 10.3 Å². The molecule has 1 aliphatic rings. The molecule has 2 heterocycles. The molecule has 4 heteroatoms. The Labute approximate surface area is 83.6 Å². The van der Waals surface area contributed by atoms with E-state index in [1.54, 1.807) is 0 Å². The van der Waals surface area contributed by atoms with Gasteiger partial charge in [0.25, 0.3) is 0 Å². The van der Waals surface area contributed by atoms with Crippen molar-refractivity contribution in [3.63, 3.8) is 0 Å². The Balaban J connectivity index is 2.06. The van der Waals surface area contributed by atoms with E-state index in [4.69, 9.17) is 9.47 Å². The van der Waals surface area contributed by atoms with Gasteiger partial charge < -0.3 is 19.8 Å². The van der Waals surface area contributed by atoms with Gasteiger partial charge in [-0.15, -0.1) is 0 Å². The minimum Gasteiger partial charge on any atom is -0.367 e. The SMILES string of the molecule is CNC1COC(C)(c2cc[nH]c2)OC1. The van der Waals surface area contributed by atoms with Crippen molar-refractivity contribution in [2.75, 3.05) is 20.3 Å². The molecule has 0 bridgehead atoms. The molecule has 0 spiro atoms. The molecule has 0 atom stereocenters. The average Bonchev–Trinajstić information content (AvgIpc) is 2.72. The van der Waals surface area contributed by atoms with Crippen LogP contribution in [-0.2, 0) is 15.3 Å². The van der Waals surface area contributed by atoms with Gasteiger partial charge in [-0.3, -0.25) is 0 Å². The van der Waals surface area contributed by atoms with Gasteiger partial charge in [0.2, 0.25) is 0 Å². The van der Waals surface area contributed by atoms with Gasteiger partial charge in [0.15, 0.2) is 5.79 Å². The third-order valence-electron chi connectivity index (χ3n) is 2.65. The number of aromatic amines is 1. The Kier molecular flexibility index (Phi) is 2.58. The van der Waals surface area contributed by atoms with E-state index in [0.717, 1.165) is 5.56 Å². The lowest BCUT2D eigenvalue weighted by Crippen LogP contribution is -2.47. The predicted octanol–water partition coefficient (Wildman–Crippen LogP) is 0.822. The largest absolute Gasteiger partial charge is 0.367 e. The average molecular weight is 196 g/mol. The summed E-state index contributed by atoms with van der Waals surface area (Å²) in [6, 6.07) is 2.27. The second kappa shape index (κ2) is 3.73. The molecule has 0 aliphatic carbocycles. The Morgan fingerprint density at radius 1 is 1.50 bits per heavy atom. The van der Waals surface area contributed by atoms with E-state index in [2.05, 4.69) is 10.3 Å². The minimum absolute atomic E-state index is 0.294. The van der Waals surface area contributed by atoms with E-state index in [1.165, 1.54) is 0 Å². The first-order chi connectivity index (χ1) is 6.74. The van der Waals surface area contributed by atoms with Crippen LogP contribution in [0.1, 0.15) is 12.5 Å². The molecule has 14 heavy (non-hydrogen) atoms. The van der Waals surface area contributed by atoms with Gasteiger partial charge in [-0.25, -0.2) is 0 Å². The molecule has 1 fully saturated rings. The van der Waals surface area contributed by atoms with Gasteiger partial charge in [-0.1, -0.05) is 0 Å². The van der Waals surface area contributed by atoms with E-state index in [-0.39, 0.29) is 0 Å². The van der Waals surface area contributed by atoms with Gasteiger partial charge in [-0.05, 0) is 20.0 Å². The zero-order valence-electron chi connectivity index (χ0n) is 8.54. The summed E-state index contributed by atoms with van der Waals surface area (Å²) in [4.78, 5) is 3.00. The molecule has 0 radical (unpaired) electrons. The highest BCUT2D eigenvalue weighted by Gasteiger charge is 2.34. The fourth-order valence-electron chi connectivity index (χ4n) is 1.55. The number of likely N-dealkylation sites (N-methyl/N-ethyl adjacent to an activating group) is 1. The number of hydrogen-bond donors (Lipinski definition) is 2. The van der Waals surface area contributed by atoms with E-state index in [1.807, 2.05) is 32.4 Å². The monoisotopic (exact) mass is 196 g/mol. The summed E-state index contributed by atoms with van der Waals surface area (Å²) in [7, 11) is 1.91. The maximum atomic E-state index is 5.71. The Hall–Kier alpha value is -0.840. The van der Waals surface area contributed by atoms with Crippen LogP contribution in [0.15, 0.2) is 18.5 Å². The van der Waals surface area contributed by atoms with Crippen molar-refractivity contribution in [3.8, 4) is 0 Å². The summed E-state index contributed by atoms with van der Waals surface area (Å²) in [5.74, 6) is -0.590. The first-order valence-electron chi connectivity index (χ1n) is 4.83. The third-order valence-corrected chi connectivity index (χ3v) is 2.65. The Morgan fingerprint density at radius 3 is 2.71 bits per heavy atom. The highest BCUT2D eigenvalue weighted by atomic mass is 16.7. The van der Waals surface area contributed by atoms with Gasteiger partial charge >= 0.3 is 0 Å². The van der Waals surface area contributed by atoms with Crippen LogP contribution in [0, 0.1) is 0 Å². The quantitative estimate of drug-likeness (QED) is 0.736. The lowest BCUT2D eigenvalue weighted by molar-refractivity contribution is -0.272. The lowest BCUT2D eigenvalue weighted by Gasteiger charge is -2.37. The molecule has 78 valence electrons. The highest BCUT2D eigenvalue weighted by molar-refractivity contribution is 5.15. The van der Waals surface area contributed by atoms with E-state index >= 15 is 0 Å². The number of nitrogens with one attached hydrogen (secondary N) is 2. The molecule has 1 saturated heterocycles. The Bertz CT molecular complexity index is 276. The number of H-pyrrole nitrogens is 1. The third kappa shape index (κ3) is 1.68. The highest BCUT2D eigenvalue weighted by Crippen LogP contribution is 2.29. The maximum absolute atomic E-state index is 5.71. The van der Waals surface area contributed by atoms with Crippen molar-refractivity contribution in [2.24, 2.45) is 0 Å². The van der Waals surface area contributed by atoms with Gasteiger partial charge in [0.05, 0.1) is 19.3 Å². The molecule has 4 nitrogen and oxygen atoms in total. The fourth-order valence-corrected chi connectivity index (χ4v) is 1.55. The summed E-state index contributed by atoms with van der Waals surface area (Å²) in [6.07, 6.45) is 3.77. The predicted molar refractivity (Wildman–Crippen MR) is 52.9 cm³/mol. The van der Waals surface area contributed by atoms with Gasteiger partial charge in [0, 0.05) is 18.0 Å². The first kappa shape index (κ1) is 9.71. The summed E-state index contributed by atoms with van der Waals surface area (Å²) >= 11 is 0. The van der Waals surface area contributed by atoms with Crippen LogP contribution in [0.3, 0.4) is 0 Å². The van der Waals surface area contributed by atoms with Crippen LogP contribution in [0.5, 0.6) is 0 Å². The molecule has 1 aromatic heterocycles. The van der Waals surface area contributed by atoms with E-state index < -0.39 is 5.79 Å². The van der Waals surface area contributed by atoms with Crippen molar-refractivity contribution in [1.29, 1.82) is 0 Å². The maximum Gasteiger partial charge on any atom is 0.193 e. The van der Waals surface area contributed by atoms with Crippen LogP contribution in [0.25, 0.3) is 0 Å². The molecular formula is C10H16N2O2. The molecule has 2 rings (SSSR count). The van der Waals surface area contributed by atoms with Crippen LogP contribution in [-0.4, -0.2) is 31.3 Å². The number of ether oxygens (including phenoxy) is 2. The number of hydrogen-bond acceptors (Lipinski definition) is 3. The van der Waals surface area contributed by atoms with Crippen LogP contribution >= 0.6 is 0 Å². The van der Waals surface area contributed by atoms with Crippen LogP contribution in [0.2, 0.25) is 0 Å². The fraction of sp³-hybridized carbons (Fsp3) is 0.600. The van der Waals surface area contributed by atoms with Crippen LogP contribution < -0.4 is 5.32 Å². The molecule has 0 unspecified atom stereocenters. The molecule has 2 N–H and O–H groups in total. The summed E-state index contributed by atoms with van der Waals surface area (Å²) < 4.78 is 11.4. The van der Waals surface area contributed by atoms with Gasteiger partial charge in [-0.2, -0.15) is 0 Å². The standard InChI is InChI=1S/C10H16N2O2/c1-10(8-3-4-12-5-8)13-6-9(11-2)7-14-10/h3-5,9,11-12H,6-7H2,1-2H3. The first-order valence-corrected chi connectivity index (χ1v) is 4.83. The smallest absolute Gasteiger partial charge is 0.193 e. The molecule has 0 amide bonds. The van der Waals surface area contributed by atoms with Crippen molar-refractivity contribution in [3.05, 3.63) is 24.0 Å². The molecular weight excluding hydrogens is 180 g/mol. The van der Waals surface area contributed by atoms with E-state index in [9.17, 15) is 0 Å². The van der Waals surface area contributed by atoms with Gasteiger partial charge in [0.1, 0.15) is 0 Å². The molecule has 0 aromatic carbocycles. The van der Waals surface area contributed by atoms with E-state index in [0.29, 0.717) is 19.3 Å². The summed E-state index contributed by atoms with van der Waals surface area (Å²) in [5, 5.41) is 3.13. The normalized spacial score (nSPS) is 33.1. The summed E-state index contributed by atoms with van der Waals surface area (Å²) in [5.41, 5.74) is 1.03. The Morgan fingerprint density at radius 2 is 2.21 bits per heavy atom. The molecule has 0 saturated carbocycles. The van der Waals surface area contributed by atoms with Crippen molar-refractivity contribution < 1.29 is 9.47 Å². The molecule has 1 aromatic rings. The zero-order valence-corrected chi connectivity index (χ0v) is 8.54. The topological polar surface area (TPSA) is 46.3 Å². The second-order valence-electron chi connectivity index (χ2n) is 3.65. The second-order valence-corrected chi connectivity index (χ2v) is 3.65. The summed E-state index contributed by atoms with van der Waals surface area (Å²) in [6.45, 7) is 3.30. The minimum atomic E-state index is -0.590. The number of rotatable bonds is 2.